The third-order valence-electron chi connectivity index (χ3n) is 7.18. The monoisotopic (exact) mass is 432 g/mol. The van der Waals surface area contributed by atoms with E-state index in [0.29, 0.717) is 29.2 Å². The highest BCUT2D eigenvalue weighted by atomic mass is 35.5. The van der Waals surface area contributed by atoms with Crippen molar-refractivity contribution >= 4 is 29.6 Å². The van der Waals surface area contributed by atoms with Crippen molar-refractivity contribution in [3.63, 3.8) is 0 Å². The van der Waals surface area contributed by atoms with Crippen LogP contribution in [-0.4, -0.2) is 23.0 Å². The number of carbonyl (C=O) groups is 2. The van der Waals surface area contributed by atoms with E-state index < -0.39 is 0 Å². The number of hydrogen-bond donors (Lipinski definition) is 0. The van der Waals surface area contributed by atoms with Crippen LogP contribution in [-0.2, 0) is 16.2 Å². The number of carbonyl (C=O) groups excluding carboxylic acids is 2. The van der Waals surface area contributed by atoms with E-state index >= 15 is 0 Å². The van der Waals surface area contributed by atoms with Crippen LogP contribution in [0.25, 0.3) is 0 Å². The average molecular weight is 433 g/mol. The summed E-state index contributed by atoms with van der Waals surface area (Å²) < 4.78 is 5.96. The van der Waals surface area contributed by atoms with Gasteiger partial charge in [-0.05, 0) is 59.9 Å². The Morgan fingerprint density at radius 3 is 2.29 bits per heavy atom. The average Bonchev–Trinajstić information content (AvgIpc) is 3.57. The van der Waals surface area contributed by atoms with Crippen LogP contribution in [0, 0.1) is 35.5 Å². The SMILES string of the molecule is O=C1[C@@H]2[C@H]3C=C[C@@H]([C@@H]4C[C@@H]34)[C@@H]2C(=O)N1/N=C\c1ccccc1OCc1ccc(Cl)cc1. The molecule has 6 heteroatoms. The Bertz CT molecular complexity index is 1090. The first kappa shape index (κ1) is 18.8. The molecule has 7 rings (SSSR count). The number of imide groups is 1. The van der Waals surface area contributed by atoms with Crippen molar-refractivity contribution in [3.05, 3.63) is 76.8 Å². The maximum Gasteiger partial charge on any atom is 0.254 e. The van der Waals surface area contributed by atoms with Gasteiger partial charge in [0.05, 0.1) is 18.1 Å². The minimum atomic E-state index is -0.236. The summed E-state index contributed by atoms with van der Waals surface area (Å²) >= 11 is 5.94. The number of hydrogen-bond acceptors (Lipinski definition) is 4. The fraction of sp³-hybridized carbons (Fsp3) is 0.320. The second-order valence-electron chi connectivity index (χ2n) is 8.84. The fourth-order valence-electron chi connectivity index (χ4n) is 5.64. The molecule has 4 aliphatic carbocycles. The quantitative estimate of drug-likeness (QED) is 0.402. The van der Waals surface area contributed by atoms with Gasteiger partial charge in [0.1, 0.15) is 12.4 Å². The van der Waals surface area contributed by atoms with E-state index in [0.717, 1.165) is 22.6 Å². The Morgan fingerprint density at radius 1 is 0.968 bits per heavy atom. The van der Waals surface area contributed by atoms with Crippen LogP contribution < -0.4 is 4.74 Å². The summed E-state index contributed by atoms with van der Waals surface area (Å²) in [6, 6.07) is 14.9. The van der Waals surface area contributed by atoms with Crippen molar-refractivity contribution in [2.75, 3.05) is 0 Å². The lowest BCUT2D eigenvalue weighted by atomic mass is 9.63. The third kappa shape index (κ3) is 3.02. The number of rotatable bonds is 5. The summed E-state index contributed by atoms with van der Waals surface area (Å²) in [5.74, 6) is 1.42. The molecule has 0 N–H and O–H groups in total. The molecule has 2 aromatic carbocycles. The van der Waals surface area contributed by atoms with E-state index in [-0.39, 0.29) is 35.5 Å². The number of nitrogens with zero attached hydrogens (tertiary/aromatic N) is 2. The lowest BCUT2D eigenvalue weighted by Gasteiger charge is -2.37. The second-order valence-corrected chi connectivity index (χ2v) is 9.28. The molecule has 2 amide bonds. The molecule has 0 aromatic heterocycles. The molecule has 3 fully saturated rings. The minimum absolute atomic E-state index is 0.157. The molecule has 0 spiro atoms. The first-order chi connectivity index (χ1) is 15.1. The third-order valence-corrected chi connectivity index (χ3v) is 7.43. The Labute approximate surface area is 185 Å². The zero-order valence-electron chi connectivity index (χ0n) is 16.7. The van der Waals surface area contributed by atoms with Gasteiger partial charge < -0.3 is 4.74 Å². The number of allylic oxidation sites excluding steroid dienone is 2. The molecular formula is C25H21ClN2O3. The Morgan fingerprint density at radius 2 is 1.61 bits per heavy atom. The van der Waals surface area contributed by atoms with Crippen LogP contribution in [0.5, 0.6) is 5.75 Å². The van der Waals surface area contributed by atoms with E-state index in [1.165, 1.54) is 0 Å². The maximum absolute atomic E-state index is 13.1. The minimum Gasteiger partial charge on any atom is -0.488 e. The van der Waals surface area contributed by atoms with Crippen molar-refractivity contribution < 1.29 is 14.3 Å². The number of hydrazone groups is 1. The van der Waals surface area contributed by atoms with Gasteiger partial charge in [0, 0.05) is 10.6 Å². The number of ether oxygens (including phenoxy) is 1. The molecule has 0 radical (unpaired) electrons. The highest BCUT2D eigenvalue weighted by Crippen LogP contribution is 2.65. The van der Waals surface area contributed by atoms with Gasteiger partial charge >= 0.3 is 0 Å². The van der Waals surface area contributed by atoms with E-state index in [1.54, 1.807) is 6.21 Å². The molecule has 5 nitrogen and oxygen atoms in total. The topological polar surface area (TPSA) is 59.0 Å². The largest absolute Gasteiger partial charge is 0.488 e. The molecule has 2 aromatic rings. The summed E-state index contributed by atoms with van der Waals surface area (Å²) in [6.07, 6.45) is 7.04. The van der Waals surface area contributed by atoms with Gasteiger partial charge in [-0.1, -0.05) is 48.0 Å². The first-order valence-corrected chi connectivity index (χ1v) is 11.1. The summed E-state index contributed by atoms with van der Waals surface area (Å²) in [4.78, 5) is 26.1. The smallest absolute Gasteiger partial charge is 0.254 e. The Hall–Kier alpha value is -2.92. The lowest BCUT2D eigenvalue weighted by molar-refractivity contribution is -0.140. The van der Waals surface area contributed by atoms with E-state index in [4.69, 9.17) is 16.3 Å². The van der Waals surface area contributed by atoms with E-state index in [2.05, 4.69) is 17.3 Å². The summed E-state index contributed by atoms with van der Waals surface area (Å²) in [7, 11) is 0. The molecule has 2 saturated carbocycles. The van der Waals surface area contributed by atoms with Crippen LogP contribution in [0.15, 0.2) is 65.8 Å². The van der Waals surface area contributed by atoms with Gasteiger partial charge in [-0.15, -0.1) is 0 Å². The van der Waals surface area contributed by atoms with Crippen molar-refractivity contribution in [3.8, 4) is 5.75 Å². The zero-order chi connectivity index (χ0) is 21.1. The molecule has 31 heavy (non-hydrogen) atoms. The number of benzene rings is 2. The van der Waals surface area contributed by atoms with Gasteiger partial charge in [0.25, 0.3) is 11.8 Å². The normalized spacial score (nSPS) is 32.5. The Balaban J connectivity index is 1.21. The van der Waals surface area contributed by atoms with Gasteiger partial charge in [-0.2, -0.15) is 10.1 Å². The molecular weight excluding hydrogens is 412 g/mol. The summed E-state index contributed by atoms with van der Waals surface area (Å²) in [6.45, 7) is 0.381. The van der Waals surface area contributed by atoms with Crippen LogP contribution >= 0.6 is 11.6 Å². The molecule has 2 bridgehead atoms. The first-order valence-electron chi connectivity index (χ1n) is 10.7. The molecule has 5 aliphatic rings. The maximum atomic E-state index is 13.1. The molecule has 156 valence electrons. The standard InChI is InChI=1S/C25H21ClN2O3/c26-16-7-5-14(6-8-16)13-31-21-4-2-1-3-15(21)12-27-28-24(29)22-17-9-10-18(20-11-19(17)20)23(22)25(28)30/h1-10,12,17-20,22-23H,11,13H2/b27-12-/t17-,18-,19-,20-,22-,23+/m0/s1. The molecule has 6 atom stereocenters. The van der Waals surface area contributed by atoms with Crippen LogP contribution in [0.1, 0.15) is 17.5 Å². The van der Waals surface area contributed by atoms with Crippen molar-refractivity contribution in [1.29, 1.82) is 0 Å². The summed E-state index contributed by atoms with van der Waals surface area (Å²) in [5, 5.41) is 6.11. The van der Waals surface area contributed by atoms with E-state index in [1.807, 2.05) is 48.5 Å². The Kier molecular flexibility index (Phi) is 4.29. The van der Waals surface area contributed by atoms with Gasteiger partial charge in [-0.3, -0.25) is 9.59 Å². The van der Waals surface area contributed by atoms with Crippen molar-refractivity contribution in [1.82, 2.24) is 5.01 Å². The number of para-hydroxylation sites is 1. The van der Waals surface area contributed by atoms with Crippen molar-refractivity contribution in [2.24, 2.45) is 40.6 Å². The van der Waals surface area contributed by atoms with Gasteiger partial charge in [0.15, 0.2) is 0 Å². The van der Waals surface area contributed by atoms with Crippen LogP contribution in [0.2, 0.25) is 5.02 Å². The molecule has 0 unspecified atom stereocenters. The van der Waals surface area contributed by atoms with Crippen molar-refractivity contribution in [2.45, 2.75) is 13.0 Å². The molecule has 1 saturated heterocycles. The zero-order valence-corrected chi connectivity index (χ0v) is 17.5. The highest BCUT2D eigenvalue weighted by molar-refractivity contribution is 6.30. The molecule has 1 aliphatic heterocycles. The number of amides is 2. The highest BCUT2D eigenvalue weighted by Gasteiger charge is 2.67. The number of halogens is 1. The van der Waals surface area contributed by atoms with Gasteiger partial charge in [-0.25, -0.2) is 0 Å². The fourth-order valence-corrected chi connectivity index (χ4v) is 5.76. The lowest BCUT2D eigenvalue weighted by Crippen LogP contribution is -2.40. The summed E-state index contributed by atoms with van der Waals surface area (Å²) in [5.41, 5.74) is 1.71. The van der Waals surface area contributed by atoms with E-state index in [9.17, 15) is 9.59 Å². The predicted molar refractivity (Wildman–Crippen MR) is 116 cm³/mol. The van der Waals surface area contributed by atoms with Crippen LogP contribution in [0.4, 0.5) is 0 Å². The predicted octanol–water partition coefficient (Wildman–Crippen LogP) is 4.31. The molecule has 1 heterocycles. The second kappa shape index (κ2) is 7.06. The van der Waals surface area contributed by atoms with Gasteiger partial charge in [0.2, 0.25) is 0 Å². The van der Waals surface area contributed by atoms with Crippen LogP contribution in [0.3, 0.4) is 0 Å².